The number of benzodiazepines with no additional fused rings is 1. The predicted octanol–water partition coefficient (Wildman–Crippen LogP) is 5.12. The van der Waals surface area contributed by atoms with Crippen LogP contribution in [-0.4, -0.2) is 24.2 Å². The lowest BCUT2D eigenvalue weighted by Gasteiger charge is -2.29. The van der Waals surface area contributed by atoms with Crippen molar-refractivity contribution in [3.8, 4) is 0 Å². The van der Waals surface area contributed by atoms with E-state index < -0.39 is 5.54 Å². The lowest BCUT2D eigenvalue weighted by atomic mass is 9.91. The zero-order valence-electron chi connectivity index (χ0n) is 17.4. The quantitative estimate of drug-likeness (QED) is 0.619. The van der Waals surface area contributed by atoms with Crippen LogP contribution in [-0.2, 0) is 11.2 Å². The van der Waals surface area contributed by atoms with Crippen LogP contribution in [0.15, 0.2) is 77.8 Å². The molecule has 0 aliphatic carbocycles. The molecule has 146 valence electrons. The first-order valence-electron chi connectivity index (χ1n) is 9.98. The molecule has 1 amide bonds. The highest BCUT2D eigenvalue weighted by molar-refractivity contribution is 6.21. The topological polar surface area (TPSA) is 32.7 Å². The van der Waals surface area contributed by atoms with Gasteiger partial charge in [0, 0.05) is 24.6 Å². The van der Waals surface area contributed by atoms with E-state index in [4.69, 9.17) is 4.99 Å². The summed E-state index contributed by atoms with van der Waals surface area (Å²) >= 11 is 0. The summed E-state index contributed by atoms with van der Waals surface area (Å²) in [5, 5.41) is 0. The van der Waals surface area contributed by atoms with E-state index in [0.29, 0.717) is 6.42 Å². The number of anilines is 1. The molecule has 0 unspecified atom stereocenters. The number of hydrogen-bond acceptors (Lipinski definition) is 2. The molecular weight excluding hydrogens is 356 g/mol. The van der Waals surface area contributed by atoms with Crippen molar-refractivity contribution in [3.63, 3.8) is 0 Å². The average molecular weight is 383 g/mol. The molecule has 1 aliphatic heterocycles. The molecule has 0 fully saturated rings. The Bertz CT molecular complexity index is 1090. The zero-order valence-corrected chi connectivity index (χ0v) is 17.4. The van der Waals surface area contributed by atoms with Crippen LogP contribution in [0.2, 0.25) is 0 Å². The summed E-state index contributed by atoms with van der Waals surface area (Å²) in [5.74, 6) is 0.0143. The third-order valence-electron chi connectivity index (χ3n) is 5.60. The Morgan fingerprint density at radius 2 is 1.55 bits per heavy atom. The molecule has 1 atom stereocenters. The van der Waals surface area contributed by atoms with Crippen LogP contribution in [0, 0.1) is 13.8 Å². The van der Waals surface area contributed by atoms with Gasteiger partial charge in [-0.3, -0.25) is 9.79 Å². The summed E-state index contributed by atoms with van der Waals surface area (Å²) in [5.41, 5.74) is 6.33. The molecule has 0 saturated heterocycles. The van der Waals surface area contributed by atoms with Crippen molar-refractivity contribution >= 4 is 17.3 Å². The van der Waals surface area contributed by atoms with E-state index in [1.807, 2.05) is 50.4 Å². The summed E-state index contributed by atoms with van der Waals surface area (Å²) in [6, 6.07) is 24.6. The van der Waals surface area contributed by atoms with Gasteiger partial charge in [-0.2, -0.15) is 0 Å². The average Bonchev–Trinajstić information content (AvgIpc) is 2.79. The Labute approximate surface area is 172 Å². The molecule has 0 N–H and O–H groups in total. The SMILES string of the molecule is Cc1cc(C)c2c(c1)C(c1ccccc1)=N[C@](C)(Cc1ccccc1)C(=O)N2C. The maximum Gasteiger partial charge on any atom is 0.254 e. The van der Waals surface area contributed by atoms with Crippen LogP contribution in [0.4, 0.5) is 5.69 Å². The van der Waals surface area contributed by atoms with Crippen molar-refractivity contribution in [1.29, 1.82) is 0 Å². The standard InChI is InChI=1S/C26H26N2O/c1-18-15-19(2)24-22(16-18)23(21-13-9-6-10-14-21)27-26(3,25(29)28(24)4)17-20-11-7-5-8-12-20/h5-16H,17H2,1-4H3/t26-/m1/s1. The highest BCUT2D eigenvalue weighted by Crippen LogP contribution is 2.36. The molecule has 3 aromatic rings. The van der Waals surface area contributed by atoms with E-state index in [0.717, 1.165) is 39.2 Å². The normalized spacial score (nSPS) is 18.8. The van der Waals surface area contributed by atoms with Gasteiger partial charge in [-0.1, -0.05) is 72.3 Å². The first-order chi connectivity index (χ1) is 13.9. The Balaban J connectivity index is 1.97. The number of hydrogen-bond donors (Lipinski definition) is 0. The van der Waals surface area contributed by atoms with Gasteiger partial charge in [0.1, 0.15) is 5.54 Å². The number of benzene rings is 3. The Morgan fingerprint density at radius 1 is 0.931 bits per heavy atom. The highest BCUT2D eigenvalue weighted by Gasteiger charge is 2.40. The van der Waals surface area contributed by atoms with Gasteiger partial charge >= 0.3 is 0 Å². The van der Waals surface area contributed by atoms with Crippen molar-refractivity contribution in [2.24, 2.45) is 4.99 Å². The second-order valence-electron chi connectivity index (χ2n) is 8.10. The maximum absolute atomic E-state index is 13.7. The molecule has 3 aromatic carbocycles. The lowest BCUT2D eigenvalue weighted by molar-refractivity contribution is -0.122. The third-order valence-corrected chi connectivity index (χ3v) is 5.60. The first kappa shape index (κ1) is 19.1. The van der Waals surface area contributed by atoms with Crippen LogP contribution in [0.5, 0.6) is 0 Å². The second-order valence-corrected chi connectivity index (χ2v) is 8.10. The van der Waals surface area contributed by atoms with Crippen molar-refractivity contribution in [1.82, 2.24) is 0 Å². The minimum Gasteiger partial charge on any atom is -0.312 e. The molecule has 0 saturated carbocycles. The fourth-order valence-electron chi connectivity index (χ4n) is 4.33. The highest BCUT2D eigenvalue weighted by atomic mass is 16.2. The number of nitrogens with zero attached hydrogens (tertiary/aromatic N) is 2. The van der Waals surface area contributed by atoms with Gasteiger partial charge < -0.3 is 4.90 Å². The molecule has 3 nitrogen and oxygen atoms in total. The molecule has 3 heteroatoms. The Kier molecular flexibility index (Phi) is 4.83. The third kappa shape index (κ3) is 3.49. The number of aliphatic imine (C=N–C) groups is 1. The van der Waals surface area contributed by atoms with Gasteiger partial charge in [-0.15, -0.1) is 0 Å². The van der Waals surface area contributed by atoms with Gasteiger partial charge in [0.15, 0.2) is 0 Å². The molecule has 1 aliphatic rings. The van der Waals surface area contributed by atoms with E-state index in [1.54, 1.807) is 4.90 Å². The molecule has 4 rings (SSSR count). The largest absolute Gasteiger partial charge is 0.312 e. The fraction of sp³-hybridized carbons (Fsp3) is 0.231. The molecule has 29 heavy (non-hydrogen) atoms. The number of carbonyl (C=O) groups excluding carboxylic acids is 1. The molecule has 1 heterocycles. The summed E-state index contributed by atoms with van der Waals surface area (Å²) in [6.45, 7) is 6.11. The summed E-state index contributed by atoms with van der Waals surface area (Å²) < 4.78 is 0. The Morgan fingerprint density at radius 3 is 2.21 bits per heavy atom. The van der Waals surface area contributed by atoms with Crippen LogP contribution < -0.4 is 4.90 Å². The van der Waals surface area contributed by atoms with Crippen LogP contribution in [0.25, 0.3) is 0 Å². The van der Waals surface area contributed by atoms with Gasteiger partial charge in [-0.25, -0.2) is 0 Å². The van der Waals surface area contributed by atoms with Crippen LogP contribution >= 0.6 is 0 Å². The number of amides is 1. The molecular formula is C26H26N2O. The van der Waals surface area contributed by atoms with Gasteiger partial charge in [0.25, 0.3) is 5.91 Å². The summed E-state index contributed by atoms with van der Waals surface area (Å²) in [4.78, 5) is 20.6. The smallest absolute Gasteiger partial charge is 0.254 e. The number of likely N-dealkylation sites (N-methyl/N-ethyl adjacent to an activating group) is 1. The van der Waals surface area contributed by atoms with E-state index in [9.17, 15) is 4.79 Å². The predicted molar refractivity (Wildman–Crippen MR) is 120 cm³/mol. The fourth-order valence-corrected chi connectivity index (χ4v) is 4.33. The van der Waals surface area contributed by atoms with Crippen molar-refractivity contribution in [2.75, 3.05) is 11.9 Å². The lowest BCUT2D eigenvalue weighted by Crippen LogP contribution is -2.45. The van der Waals surface area contributed by atoms with E-state index in [1.165, 1.54) is 0 Å². The van der Waals surface area contributed by atoms with Crippen molar-refractivity contribution < 1.29 is 4.79 Å². The number of rotatable bonds is 3. The maximum atomic E-state index is 13.7. The van der Waals surface area contributed by atoms with E-state index >= 15 is 0 Å². The second kappa shape index (κ2) is 7.32. The number of carbonyl (C=O) groups is 1. The Hall–Kier alpha value is -3.20. The minimum atomic E-state index is -0.888. The molecule has 0 spiro atoms. The summed E-state index contributed by atoms with van der Waals surface area (Å²) in [7, 11) is 1.87. The van der Waals surface area contributed by atoms with Crippen LogP contribution in [0.3, 0.4) is 0 Å². The summed E-state index contributed by atoms with van der Waals surface area (Å²) in [6.07, 6.45) is 0.555. The molecule has 0 aromatic heterocycles. The number of aryl methyl sites for hydroxylation is 2. The van der Waals surface area contributed by atoms with Gasteiger partial charge in [0.05, 0.1) is 11.4 Å². The van der Waals surface area contributed by atoms with E-state index in [2.05, 4.69) is 50.2 Å². The molecule has 0 bridgehead atoms. The zero-order chi connectivity index (χ0) is 20.6. The number of fused-ring (bicyclic) bond motifs is 1. The van der Waals surface area contributed by atoms with Gasteiger partial charge in [-0.05, 0) is 38.0 Å². The monoisotopic (exact) mass is 382 g/mol. The van der Waals surface area contributed by atoms with Gasteiger partial charge in [0.2, 0.25) is 0 Å². The van der Waals surface area contributed by atoms with Crippen LogP contribution in [0.1, 0.15) is 34.7 Å². The first-order valence-corrected chi connectivity index (χ1v) is 9.98. The van der Waals surface area contributed by atoms with Crippen molar-refractivity contribution in [3.05, 3.63) is 101 Å². The van der Waals surface area contributed by atoms with Crippen molar-refractivity contribution in [2.45, 2.75) is 32.7 Å². The molecule has 0 radical (unpaired) electrons. The van der Waals surface area contributed by atoms with E-state index in [-0.39, 0.29) is 5.91 Å². The minimum absolute atomic E-state index is 0.0143.